The Morgan fingerprint density at radius 1 is 1.23 bits per heavy atom. The first kappa shape index (κ1) is 25.4. The third-order valence-electron chi connectivity index (χ3n) is 4.93. The first-order valence-electron chi connectivity index (χ1n) is 10.1. The van der Waals surface area contributed by atoms with E-state index >= 15 is 0 Å². The van der Waals surface area contributed by atoms with Crippen LogP contribution in [0.25, 0.3) is 0 Å². The Hall–Kier alpha value is -1.86. The lowest BCUT2D eigenvalue weighted by Crippen LogP contribution is -2.53. The smallest absolute Gasteiger partial charge is 0.220 e. The molecule has 0 spiro atoms. The van der Waals surface area contributed by atoms with E-state index in [9.17, 15) is 8.42 Å². The standard InChI is InChI=1S/C20H30N6O3S.HI/c1-4-21-20(22-15-17-6-5-7-19(14-17)24(2)3)25-9-11-26(12-10-25)30(27,28)16-18-8-13-29-23-18;/h5-8,13-14H,4,9-12,15-16H2,1-3H3,(H,21,22);1H. The summed E-state index contributed by atoms with van der Waals surface area (Å²) in [7, 11) is 0.616. The summed E-state index contributed by atoms with van der Waals surface area (Å²) >= 11 is 0. The van der Waals surface area contributed by atoms with Crippen LogP contribution >= 0.6 is 24.0 Å². The van der Waals surface area contributed by atoms with E-state index in [1.807, 2.05) is 27.1 Å². The van der Waals surface area contributed by atoms with E-state index in [0.717, 1.165) is 23.8 Å². The summed E-state index contributed by atoms with van der Waals surface area (Å²) in [5, 5.41) is 7.04. The van der Waals surface area contributed by atoms with Crippen LogP contribution in [-0.2, 0) is 22.3 Å². The van der Waals surface area contributed by atoms with E-state index in [0.29, 0.717) is 38.4 Å². The van der Waals surface area contributed by atoms with Crippen molar-refractivity contribution in [3.63, 3.8) is 0 Å². The zero-order valence-electron chi connectivity index (χ0n) is 18.2. The van der Waals surface area contributed by atoms with E-state index in [4.69, 9.17) is 9.52 Å². The van der Waals surface area contributed by atoms with Gasteiger partial charge in [-0.15, -0.1) is 24.0 Å². The molecule has 1 aromatic carbocycles. The maximum absolute atomic E-state index is 12.6. The van der Waals surface area contributed by atoms with Gasteiger partial charge in [-0.25, -0.2) is 13.4 Å². The van der Waals surface area contributed by atoms with Gasteiger partial charge in [0.1, 0.15) is 12.0 Å². The SMILES string of the molecule is CCNC(=NCc1cccc(N(C)C)c1)N1CCN(S(=O)(=O)Cc2ccon2)CC1.I. The molecule has 2 heterocycles. The molecule has 0 bridgehead atoms. The molecular weight excluding hydrogens is 531 g/mol. The van der Waals surface area contributed by atoms with Gasteiger partial charge in [0.25, 0.3) is 0 Å². The van der Waals surface area contributed by atoms with Gasteiger partial charge in [0.15, 0.2) is 5.96 Å². The molecule has 1 N–H and O–H groups in total. The van der Waals surface area contributed by atoms with Gasteiger partial charge >= 0.3 is 0 Å². The fraction of sp³-hybridized carbons (Fsp3) is 0.500. The Balaban J connectivity index is 0.00000341. The second-order valence-corrected chi connectivity index (χ2v) is 9.34. The van der Waals surface area contributed by atoms with Crippen molar-refractivity contribution in [2.24, 2.45) is 4.99 Å². The van der Waals surface area contributed by atoms with Crippen LogP contribution in [-0.4, -0.2) is 75.6 Å². The van der Waals surface area contributed by atoms with Gasteiger partial charge in [0, 0.05) is 58.6 Å². The van der Waals surface area contributed by atoms with Gasteiger partial charge in [0.2, 0.25) is 10.0 Å². The minimum atomic E-state index is -3.42. The number of nitrogens with one attached hydrogen (secondary N) is 1. The summed E-state index contributed by atoms with van der Waals surface area (Å²) in [6, 6.07) is 9.87. The maximum atomic E-state index is 12.6. The normalized spacial score (nSPS) is 15.5. The van der Waals surface area contributed by atoms with Crippen LogP contribution in [0.5, 0.6) is 0 Å². The van der Waals surface area contributed by atoms with Crippen LogP contribution in [0, 0.1) is 0 Å². The molecule has 1 saturated heterocycles. The van der Waals surface area contributed by atoms with Crippen molar-refractivity contribution in [1.82, 2.24) is 19.7 Å². The van der Waals surface area contributed by atoms with Crippen LogP contribution in [0.15, 0.2) is 46.1 Å². The number of aliphatic imine (C=N–C) groups is 1. The van der Waals surface area contributed by atoms with Gasteiger partial charge in [-0.05, 0) is 24.6 Å². The minimum Gasteiger partial charge on any atom is -0.378 e. The maximum Gasteiger partial charge on any atom is 0.220 e. The van der Waals surface area contributed by atoms with Gasteiger partial charge in [-0.3, -0.25) is 0 Å². The third-order valence-corrected chi connectivity index (χ3v) is 6.74. The summed E-state index contributed by atoms with van der Waals surface area (Å²) in [4.78, 5) is 8.96. The van der Waals surface area contributed by atoms with E-state index < -0.39 is 10.0 Å². The Morgan fingerprint density at radius 2 is 1.97 bits per heavy atom. The van der Waals surface area contributed by atoms with E-state index in [-0.39, 0.29) is 29.7 Å². The van der Waals surface area contributed by atoms with Crippen LogP contribution < -0.4 is 10.2 Å². The van der Waals surface area contributed by atoms with Gasteiger partial charge in [0.05, 0.1) is 12.2 Å². The predicted octanol–water partition coefficient (Wildman–Crippen LogP) is 1.97. The van der Waals surface area contributed by atoms with E-state index in [1.165, 1.54) is 10.6 Å². The third kappa shape index (κ3) is 7.07. The number of piperazine rings is 1. The predicted molar refractivity (Wildman–Crippen MR) is 133 cm³/mol. The quantitative estimate of drug-likeness (QED) is 0.314. The molecule has 31 heavy (non-hydrogen) atoms. The van der Waals surface area contributed by atoms with Crippen LogP contribution in [0.1, 0.15) is 18.2 Å². The summed E-state index contributed by atoms with van der Waals surface area (Å²) in [6.07, 6.45) is 1.39. The Kier molecular flexibility index (Phi) is 9.56. The van der Waals surface area contributed by atoms with Gasteiger partial charge in [-0.1, -0.05) is 17.3 Å². The van der Waals surface area contributed by atoms with E-state index in [2.05, 4.69) is 38.5 Å². The largest absolute Gasteiger partial charge is 0.378 e. The number of benzene rings is 1. The topological polar surface area (TPSA) is 94.3 Å². The van der Waals surface area contributed by atoms with Crippen LogP contribution in [0.2, 0.25) is 0 Å². The summed E-state index contributed by atoms with van der Waals surface area (Å²) in [6.45, 7) is 5.35. The molecule has 0 amide bonds. The minimum absolute atomic E-state index is 0. The number of anilines is 1. The fourth-order valence-corrected chi connectivity index (χ4v) is 4.72. The molecule has 0 radical (unpaired) electrons. The molecule has 9 nitrogen and oxygen atoms in total. The van der Waals surface area contributed by atoms with Crippen LogP contribution in [0.4, 0.5) is 5.69 Å². The number of hydrogen-bond acceptors (Lipinski definition) is 6. The summed E-state index contributed by atoms with van der Waals surface area (Å²) < 4.78 is 31.5. The second kappa shape index (κ2) is 11.7. The zero-order chi connectivity index (χ0) is 21.6. The number of hydrogen-bond donors (Lipinski definition) is 1. The zero-order valence-corrected chi connectivity index (χ0v) is 21.3. The number of nitrogens with zero attached hydrogens (tertiary/aromatic N) is 5. The number of halogens is 1. The molecular formula is C20H31IN6O3S. The van der Waals surface area contributed by atoms with Crippen LogP contribution in [0.3, 0.4) is 0 Å². The van der Waals surface area contributed by atoms with E-state index in [1.54, 1.807) is 6.07 Å². The summed E-state index contributed by atoms with van der Waals surface area (Å²) in [5.74, 6) is 0.668. The lowest BCUT2D eigenvalue weighted by Gasteiger charge is -2.35. The molecule has 1 aromatic heterocycles. The molecule has 1 aliphatic rings. The highest BCUT2D eigenvalue weighted by Gasteiger charge is 2.29. The van der Waals surface area contributed by atoms with Crippen molar-refractivity contribution in [1.29, 1.82) is 0 Å². The van der Waals surface area contributed by atoms with Crippen molar-refractivity contribution >= 4 is 45.6 Å². The molecule has 172 valence electrons. The molecule has 1 aliphatic heterocycles. The van der Waals surface area contributed by atoms with Crippen molar-refractivity contribution in [2.75, 3.05) is 51.7 Å². The number of guanidine groups is 1. The molecule has 11 heteroatoms. The molecule has 0 saturated carbocycles. The molecule has 0 atom stereocenters. The van der Waals surface area contributed by atoms with Crippen molar-refractivity contribution in [2.45, 2.75) is 19.2 Å². The lowest BCUT2D eigenvalue weighted by molar-refractivity contribution is 0.259. The van der Waals surface area contributed by atoms with Crippen molar-refractivity contribution in [3.05, 3.63) is 47.9 Å². The summed E-state index contributed by atoms with van der Waals surface area (Å²) in [5.41, 5.74) is 2.69. The molecule has 2 aromatic rings. The van der Waals surface area contributed by atoms with Gasteiger partial charge in [-0.2, -0.15) is 4.31 Å². The average molecular weight is 562 g/mol. The molecule has 0 aliphatic carbocycles. The highest BCUT2D eigenvalue weighted by Crippen LogP contribution is 2.15. The molecule has 0 unspecified atom stereocenters. The number of aromatic nitrogens is 1. The highest BCUT2D eigenvalue weighted by atomic mass is 127. The Bertz CT molecular complexity index is 942. The number of sulfonamides is 1. The average Bonchev–Trinajstić information content (AvgIpc) is 3.24. The fourth-order valence-electron chi connectivity index (χ4n) is 3.29. The molecule has 3 rings (SSSR count). The van der Waals surface area contributed by atoms with Crippen molar-refractivity contribution < 1.29 is 12.9 Å². The first-order valence-corrected chi connectivity index (χ1v) is 11.7. The second-order valence-electron chi connectivity index (χ2n) is 7.37. The van der Waals surface area contributed by atoms with Gasteiger partial charge < -0.3 is 19.6 Å². The Morgan fingerprint density at radius 3 is 2.58 bits per heavy atom. The van der Waals surface area contributed by atoms with Crippen molar-refractivity contribution in [3.8, 4) is 0 Å². The highest BCUT2D eigenvalue weighted by molar-refractivity contribution is 14.0. The monoisotopic (exact) mass is 562 g/mol. The lowest BCUT2D eigenvalue weighted by atomic mass is 10.2. The Labute approximate surface area is 201 Å². The molecule has 1 fully saturated rings. The first-order chi connectivity index (χ1) is 14.4. The number of rotatable bonds is 7.